The fourth-order valence-electron chi connectivity index (χ4n) is 1.36. The highest BCUT2D eigenvalue weighted by atomic mass is 79.9. The summed E-state index contributed by atoms with van der Waals surface area (Å²) in [7, 11) is 0.353. The number of hydrogen-bond donors (Lipinski definition) is 2. The molecule has 2 nitrogen and oxygen atoms in total. The second-order valence-corrected chi connectivity index (χ2v) is 6.49. The lowest BCUT2D eigenvalue weighted by Crippen LogP contribution is -2.28. The van der Waals surface area contributed by atoms with Crippen molar-refractivity contribution in [3.8, 4) is 11.5 Å². The summed E-state index contributed by atoms with van der Waals surface area (Å²) >= 11 is 6.90. The maximum absolute atomic E-state index is 9.46. The molecule has 0 aliphatic carbocycles. The van der Waals surface area contributed by atoms with E-state index in [2.05, 4.69) is 31.9 Å². The van der Waals surface area contributed by atoms with E-state index >= 15 is 0 Å². The second-order valence-electron chi connectivity index (χ2n) is 3.45. The van der Waals surface area contributed by atoms with E-state index in [9.17, 15) is 10.2 Å². The summed E-state index contributed by atoms with van der Waals surface area (Å²) in [5.41, 5.74) is 0. The van der Waals surface area contributed by atoms with Crippen LogP contribution in [0.3, 0.4) is 0 Å². The summed E-state index contributed by atoms with van der Waals surface area (Å²) in [4.78, 5) is 0. The van der Waals surface area contributed by atoms with Crippen LogP contribution in [0.5, 0.6) is 11.5 Å². The number of phenols is 2. The van der Waals surface area contributed by atoms with E-state index in [1.165, 1.54) is 0 Å². The lowest BCUT2D eigenvalue weighted by atomic mass is 10.3. The third-order valence-corrected chi connectivity index (χ3v) is 5.65. The van der Waals surface area contributed by atoms with Gasteiger partial charge in [0.25, 0.3) is 0 Å². The molecule has 2 aromatic rings. The maximum atomic E-state index is 9.46. The van der Waals surface area contributed by atoms with Crippen LogP contribution in [0, 0.1) is 0 Å². The molecule has 2 radical (unpaired) electrons. The summed E-state index contributed by atoms with van der Waals surface area (Å²) in [6, 6.07) is 10.3. The van der Waals surface area contributed by atoms with E-state index in [1.807, 2.05) is 12.1 Å². The smallest absolute Gasteiger partial charge is 0.124 e. The normalized spacial score (nSPS) is 10.5. The highest BCUT2D eigenvalue weighted by Crippen LogP contribution is 2.15. The first kappa shape index (κ1) is 12.7. The minimum Gasteiger partial charge on any atom is -0.508 e. The van der Waals surface area contributed by atoms with Gasteiger partial charge in [-0.3, -0.25) is 0 Å². The van der Waals surface area contributed by atoms with Crippen LogP contribution in [0.2, 0.25) is 0 Å². The van der Waals surface area contributed by atoms with E-state index in [4.69, 9.17) is 0 Å². The van der Waals surface area contributed by atoms with E-state index in [0.29, 0.717) is 9.52 Å². The Balaban J connectivity index is 2.37. The van der Waals surface area contributed by atoms with Crippen LogP contribution in [-0.4, -0.2) is 19.7 Å². The molecular formula is C12H8Br2O2Si. The topological polar surface area (TPSA) is 40.5 Å². The summed E-state index contributed by atoms with van der Waals surface area (Å²) in [5, 5.41) is 20.9. The van der Waals surface area contributed by atoms with Gasteiger partial charge in [-0.2, -0.15) is 0 Å². The number of halogens is 2. The zero-order valence-electron chi connectivity index (χ0n) is 8.61. The van der Waals surface area contributed by atoms with Gasteiger partial charge < -0.3 is 10.2 Å². The van der Waals surface area contributed by atoms with Crippen molar-refractivity contribution in [1.82, 2.24) is 0 Å². The van der Waals surface area contributed by atoms with Crippen molar-refractivity contribution >= 4 is 51.8 Å². The van der Waals surface area contributed by atoms with Gasteiger partial charge in [-0.1, -0.05) is 31.9 Å². The molecule has 0 fully saturated rings. The molecule has 0 unspecified atom stereocenters. The Kier molecular flexibility index (Phi) is 3.91. The fraction of sp³-hybridized carbons (Fsp3) is 0. The van der Waals surface area contributed by atoms with Gasteiger partial charge in [0.05, 0.1) is 0 Å². The monoisotopic (exact) mass is 370 g/mol. The Morgan fingerprint density at radius 3 is 1.59 bits per heavy atom. The van der Waals surface area contributed by atoms with Crippen LogP contribution in [0.1, 0.15) is 0 Å². The quantitative estimate of drug-likeness (QED) is 0.795. The van der Waals surface area contributed by atoms with Crippen molar-refractivity contribution in [2.75, 3.05) is 0 Å². The molecule has 0 heterocycles. The van der Waals surface area contributed by atoms with Crippen LogP contribution >= 0.6 is 31.9 Å². The van der Waals surface area contributed by atoms with Gasteiger partial charge in [-0.15, -0.1) is 0 Å². The molecule has 2 aromatic carbocycles. The van der Waals surface area contributed by atoms with Crippen LogP contribution < -0.4 is 10.4 Å². The summed E-state index contributed by atoms with van der Waals surface area (Å²) in [6.07, 6.45) is 0. The summed E-state index contributed by atoms with van der Waals surface area (Å²) in [5.74, 6) is 0.485. The van der Waals surface area contributed by atoms with Crippen LogP contribution in [0.25, 0.3) is 0 Å². The van der Waals surface area contributed by atoms with Crippen molar-refractivity contribution in [2.45, 2.75) is 0 Å². The minimum atomic E-state index is 0.243. The Hall–Kier alpha value is -0.783. The number of hydrogen-bond acceptors (Lipinski definition) is 2. The van der Waals surface area contributed by atoms with Gasteiger partial charge in [-0.05, 0) is 46.8 Å². The molecule has 86 valence electrons. The highest BCUT2D eigenvalue weighted by molar-refractivity contribution is 9.11. The average Bonchev–Trinajstić information content (AvgIpc) is 2.28. The Bertz CT molecular complexity index is 509. The molecule has 0 aromatic heterocycles. The molecule has 0 saturated heterocycles. The second kappa shape index (κ2) is 5.24. The van der Waals surface area contributed by atoms with Gasteiger partial charge in [-0.25, -0.2) is 0 Å². The number of benzene rings is 2. The third kappa shape index (κ3) is 3.11. The van der Waals surface area contributed by atoms with Gasteiger partial charge in [0.15, 0.2) is 0 Å². The minimum absolute atomic E-state index is 0.243. The standard InChI is InChI=1S/C12H8Br2O2Si/c13-9-3-1-7(15)5-11(9)17-12-6-8(16)2-4-10(12)14/h1-6,15-16H. The number of phenolic OH excluding ortho intramolecular Hbond substituents is 2. The molecule has 17 heavy (non-hydrogen) atoms. The predicted octanol–water partition coefficient (Wildman–Crippen LogP) is 2.28. The fourth-order valence-corrected chi connectivity index (χ4v) is 3.59. The third-order valence-electron chi connectivity index (χ3n) is 2.17. The van der Waals surface area contributed by atoms with Crippen molar-refractivity contribution in [2.24, 2.45) is 0 Å². The van der Waals surface area contributed by atoms with E-state index < -0.39 is 0 Å². The molecule has 2 N–H and O–H groups in total. The van der Waals surface area contributed by atoms with E-state index in [1.54, 1.807) is 24.3 Å². The summed E-state index contributed by atoms with van der Waals surface area (Å²) in [6.45, 7) is 0. The average molecular weight is 372 g/mol. The number of rotatable bonds is 2. The van der Waals surface area contributed by atoms with Crippen LogP contribution in [0.15, 0.2) is 45.3 Å². The first-order valence-corrected chi connectivity index (χ1v) is 7.39. The highest BCUT2D eigenvalue weighted by Gasteiger charge is 2.08. The predicted molar refractivity (Wildman–Crippen MR) is 76.6 cm³/mol. The Labute approximate surface area is 118 Å². The molecule has 0 amide bonds. The van der Waals surface area contributed by atoms with Crippen LogP contribution in [0.4, 0.5) is 0 Å². The van der Waals surface area contributed by atoms with Crippen molar-refractivity contribution in [3.05, 3.63) is 45.3 Å². The van der Waals surface area contributed by atoms with Crippen molar-refractivity contribution in [3.63, 3.8) is 0 Å². The molecule has 0 spiro atoms. The van der Waals surface area contributed by atoms with Crippen molar-refractivity contribution < 1.29 is 10.2 Å². The lowest BCUT2D eigenvalue weighted by molar-refractivity contribution is 0.475. The van der Waals surface area contributed by atoms with Gasteiger partial charge in [0.2, 0.25) is 0 Å². The van der Waals surface area contributed by atoms with Gasteiger partial charge >= 0.3 is 0 Å². The molecule has 0 saturated carbocycles. The Morgan fingerprint density at radius 2 is 1.18 bits per heavy atom. The first-order valence-electron chi connectivity index (χ1n) is 4.80. The molecule has 0 aliphatic rings. The zero-order valence-corrected chi connectivity index (χ0v) is 12.8. The first-order chi connectivity index (χ1) is 8.06. The lowest BCUT2D eigenvalue weighted by Gasteiger charge is -2.07. The van der Waals surface area contributed by atoms with Gasteiger partial charge in [0, 0.05) is 8.95 Å². The SMILES string of the molecule is Oc1ccc(Br)c([Si]c2cc(O)ccc2Br)c1. The molecule has 2 rings (SSSR count). The molecule has 0 aliphatic heterocycles. The van der Waals surface area contributed by atoms with E-state index in [0.717, 1.165) is 19.3 Å². The molecule has 0 bridgehead atoms. The molecular weight excluding hydrogens is 364 g/mol. The summed E-state index contributed by atoms with van der Waals surface area (Å²) < 4.78 is 1.90. The van der Waals surface area contributed by atoms with Crippen molar-refractivity contribution in [1.29, 1.82) is 0 Å². The van der Waals surface area contributed by atoms with E-state index in [-0.39, 0.29) is 11.5 Å². The molecule has 5 heteroatoms. The largest absolute Gasteiger partial charge is 0.508 e. The molecule has 0 atom stereocenters. The Morgan fingerprint density at radius 1 is 0.765 bits per heavy atom. The van der Waals surface area contributed by atoms with Crippen LogP contribution in [-0.2, 0) is 0 Å². The zero-order chi connectivity index (χ0) is 12.4. The maximum Gasteiger partial charge on any atom is 0.124 e. The van der Waals surface area contributed by atoms with Gasteiger partial charge in [0.1, 0.15) is 21.0 Å². The number of aromatic hydroxyl groups is 2.